The normalized spacial score (nSPS) is 11.0. The van der Waals surface area contributed by atoms with Crippen LogP contribution >= 0.6 is 0 Å². The monoisotopic (exact) mass is 405 g/mol. The van der Waals surface area contributed by atoms with Gasteiger partial charge in [-0.3, -0.25) is 14.3 Å². The van der Waals surface area contributed by atoms with Crippen LogP contribution in [-0.2, 0) is 22.6 Å². The Balaban J connectivity index is 1.54. The van der Waals surface area contributed by atoms with Crippen molar-refractivity contribution in [3.8, 4) is 11.3 Å². The average molecular weight is 405 g/mol. The fraction of sp³-hybridized carbons (Fsp3) is 0.136. The summed E-state index contributed by atoms with van der Waals surface area (Å²) in [6, 6.07) is 14.3. The largest absolute Gasteiger partial charge is 0.368 e. The highest BCUT2D eigenvalue weighted by Gasteiger charge is 2.15. The number of aromatic nitrogens is 3. The van der Waals surface area contributed by atoms with Crippen molar-refractivity contribution in [3.05, 3.63) is 72.3 Å². The van der Waals surface area contributed by atoms with Crippen LogP contribution in [0.15, 0.2) is 60.9 Å². The Kier molecular flexibility index (Phi) is 5.30. The van der Waals surface area contributed by atoms with Gasteiger partial charge in [-0.25, -0.2) is 4.39 Å². The first-order valence-corrected chi connectivity index (χ1v) is 9.46. The number of rotatable bonds is 7. The van der Waals surface area contributed by atoms with Crippen LogP contribution in [0.5, 0.6) is 0 Å². The molecule has 0 bridgehead atoms. The molecule has 0 aliphatic heterocycles. The highest BCUT2D eigenvalue weighted by atomic mass is 19.1. The van der Waals surface area contributed by atoms with Crippen LogP contribution in [-0.4, -0.2) is 26.6 Å². The molecule has 4 rings (SSSR count). The lowest BCUT2D eigenvalue weighted by molar-refractivity contribution is -0.118. The number of benzene rings is 2. The van der Waals surface area contributed by atoms with E-state index >= 15 is 0 Å². The first-order chi connectivity index (χ1) is 14.5. The van der Waals surface area contributed by atoms with Crippen LogP contribution in [0.3, 0.4) is 0 Å². The maximum Gasteiger partial charge on any atom is 0.239 e. The number of aryl methyl sites for hydroxylation is 1. The van der Waals surface area contributed by atoms with Gasteiger partial charge in [-0.05, 0) is 35.7 Å². The Morgan fingerprint density at radius 1 is 1.17 bits per heavy atom. The third kappa shape index (κ3) is 4.22. The van der Waals surface area contributed by atoms with Crippen molar-refractivity contribution < 1.29 is 14.0 Å². The molecular weight excluding hydrogens is 385 g/mol. The zero-order chi connectivity index (χ0) is 21.1. The number of hydrogen-bond acceptors (Lipinski definition) is 3. The predicted octanol–water partition coefficient (Wildman–Crippen LogP) is 3.23. The number of carbonyl (C=O) groups is 2. The van der Waals surface area contributed by atoms with Crippen LogP contribution in [0.2, 0.25) is 0 Å². The van der Waals surface area contributed by atoms with Gasteiger partial charge in [0.25, 0.3) is 0 Å². The molecule has 2 heterocycles. The van der Waals surface area contributed by atoms with E-state index in [2.05, 4.69) is 15.4 Å². The molecule has 0 saturated heterocycles. The number of fused-ring (bicyclic) bond motifs is 1. The second kappa shape index (κ2) is 8.20. The van der Waals surface area contributed by atoms with Gasteiger partial charge in [0.05, 0.1) is 11.9 Å². The predicted molar refractivity (Wildman–Crippen MR) is 112 cm³/mol. The molecule has 0 radical (unpaired) electrons. The lowest BCUT2D eigenvalue weighted by Gasteiger charge is -2.06. The van der Waals surface area contributed by atoms with E-state index in [1.165, 1.54) is 23.0 Å². The Morgan fingerprint density at radius 3 is 2.73 bits per heavy atom. The maximum atomic E-state index is 13.9. The first-order valence-electron chi connectivity index (χ1n) is 9.46. The van der Waals surface area contributed by atoms with E-state index in [9.17, 15) is 14.0 Å². The molecule has 2 aromatic heterocycles. The third-order valence-electron chi connectivity index (χ3n) is 4.77. The minimum absolute atomic E-state index is 0.0583. The molecule has 0 aliphatic carbocycles. The van der Waals surface area contributed by atoms with Crippen molar-refractivity contribution in [3.63, 3.8) is 0 Å². The molecule has 0 atom stereocenters. The number of nitrogens with one attached hydrogen (secondary N) is 2. The van der Waals surface area contributed by atoms with Gasteiger partial charge in [-0.15, -0.1) is 0 Å². The molecule has 2 aromatic carbocycles. The zero-order valence-corrected chi connectivity index (χ0v) is 16.1. The van der Waals surface area contributed by atoms with Crippen LogP contribution in [0, 0.1) is 5.82 Å². The highest BCUT2D eigenvalue weighted by molar-refractivity contribution is 5.93. The van der Waals surface area contributed by atoms with E-state index in [0.717, 1.165) is 27.7 Å². The topological polar surface area (TPSA) is 106 Å². The number of H-pyrrole nitrogens is 1. The van der Waals surface area contributed by atoms with Gasteiger partial charge in [-0.1, -0.05) is 30.3 Å². The summed E-state index contributed by atoms with van der Waals surface area (Å²) in [6.45, 7) is -0.0583. The lowest BCUT2D eigenvalue weighted by atomic mass is 10.0. The van der Waals surface area contributed by atoms with E-state index in [1.54, 1.807) is 12.3 Å². The molecule has 7 nitrogen and oxygen atoms in total. The van der Waals surface area contributed by atoms with Crippen LogP contribution < -0.4 is 11.1 Å². The summed E-state index contributed by atoms with van der Waals surface area (Å²) in [5.41, 5.74) is 9.16. The molecular formula is C22H20FN5O2. The van der Waals surface area contributed by atoms with Gasteiger partial charge in [0.2, 0.25) is 11.8 Å². The zero-order valence-electron chi connectivity index (χ0n) is 16.1. The van der Waals surface area contributed by atoms with E-state index in [0.29, 0.717) is 12.1 Å². The second-order valence-electron chi connectivity index (χ2n) is 6.98. The number of anilines is 1. The molecule has 30 heavy (non-hydrogen) atoms. The van der Waals surface area contributed by atoms with Crippen LogP contribution in [0.25, 0.3) is 22.2 Å². The number of amides is 2. The summed E-state index contributed by atoms with van der Waals surface area (Å²) in [6.07, 6.45) is 3.62. The molecule has 0 saturated carbocycles. The molecule has 0 unspecified atom stereocenters. The Morgan fingerprint density at radius 2 is 1.97 bits per heavy atom. The average Bonchev–Trinajstić information content (AvgIpc) is 3.30. The lowest BCUT2D eigenvalue weighted by Crippen LogP contribution is -2.18. The Labute approximate surface area is 171 Å². The highest BCUT2D eigenvalue weighted by Crippen LogP contribution is 2.31. The number of halogens is 1. The molecule has 2 amide bonds. The number of carbonyl (C=O) groups excluding carboxylic acids is 2. The minimum Gasteiger partial charge on any atom is -0.368 e. The number of primary amides is 1. The molecule has 0 aliphatic rings. The first kappa shape index (κ1) is 19.4. The van der Waals surface area contributed by atoms with Crippen molar-refractivity contribution in [1.29, 1.82) is 0 Å². The van der Waals surface area contributed by atoms with E-state index in [-0.39, 0.29) is 24.7 Å². The smallest absolute Gasteiger partial charge is 0.239 e. The van der Waals surface area contributed by atoms with Crippen molar-refractivity contribution in [2.45, 2.75) is 19.4 Å². The van der Waals surface area contributed by atoms with Crippen molar-refractivity contribution in [1.82, 2.24) is 14.8 Å². The maximum absolute atomic E-state index is 13.9. The fourth-order valence-electron chi connectivity index (χ4n) is 3.47. The summed E-state index contributed by atoms with van der Waals surface area (Å²) in [7, 11) is 0. The van der Waals surface area contributed by atoms with Crippen molar-refractivity contribution >= 4 is 28.4 Å². The van der Waals surface area contributed by atoms with Gasteiger partial charge in [0.1, 0.15) is 12.4 Å². The van der Waals surface area contributed by atoms with Crippen LogP contribution in [0.4, 0.5) is 10.1 Å². The number of nitrogens with two attached hydrogens (primary N) is 1. The number of aromatic amines is 1. The van der Waals surface area contributed by atoms with Crippen molar-refractivity contribution in [2.24, 2.45) is 5.73 Å². The summed E-state index contributed by atoms with van der Waals surface area (Å²) < 4.78 is 15.2. The van der Waals surface area contributed by atoms with E-state index in [1.807, 2.05) is 30.3 Å². The summed E-state index contributed by atoms with van der Waals surface area (Å²) in [5, 5.41) is 7.50. The molecule has 0 spiro atoms. The van der Waals surface area contributed by atoms with E-state index < -0.39 is 5.91 Å². The second-order valence-corrected chi connectivity index (χ2v) is 6.98. The molecule has 8 heteroatoms. The summed E-state index contributed by atoms with van der Waals surface area (Å²) in [5.74, 6) is -1.05. The van der Waals surface area contributed by atoms with Crippen LogP contribution in [0.1, 0.15) is 12.0 Å². The van der Waals surface area contributed by atoms with Gasteiger partial charge in [-0.2, -0.15) is 5.10 Å². The quantitative estimate of drug-likeness (QED) is 0.439. The SMILES string of the molecule is NC(=O)Cn1cc(NC(=O)CCc2c(-c3ccccc3)[nH]c3ccc(F)cc23)cn1. The molecule has 0 fully saturated rings. The minimum atomic E-state index is -0.518. The third-order valence-corrected chi connectivity index (χ3v) is 4.77. The number of nitrogens with zero attached hydrogens (tertiary/aromatic N) is 2. The summed E-state index contributed by atoms with van der Waals surface area (Å²) >= 11 is 0. The van der Waals surface area contributed by atoms with Gasteiger partial charge < -0.3 is 16.0 Å². The van der Waals surface area contributed by atoms with E-state index in [4.69, 9.17) is 5.73 Å². The number of hydrogen-bond donors (Lipinski definition) is 3. The molecule has 4 N–H and O–H groups in total. The van der Waals surface area contributed by atoms with Crippen molar-refractivity contribution in [2.75, 3.05) is 5.32 Å². The Hall–Kier alpha value is -3.94. The standard InChI is InChI=1S/C22H20FN5O2/c23-15-6-8-19-18(10-15)17(22(27-19)14-4-2-1-3-5-14)7-9-21(30)26-16-11-25-28(12-16)13-20(24)29/h1-6,8,10-12,27H,7,9,13H2,(H2,24,29)(H,26,30). The fourth-order valence-corrected chi connectivity index (χ4v) is 3.47. The molecule has 4 aromatic rings. The summed E-state index contributed by atoms with van der Waals surface area (Å²) in [4.78, 5) is 26.8. The van der Waals surface area contributed by atoms with Gasteiger partial charge in [0.15, 0.2) is 0 Å². The Bertz CT molecular complexity index is 1210. The molecule has 152 valence electrons. The van der Waals surface area contributed by atoms with Gasteiger partial charge in [0, 0.05) is 29.2 Å². The van der Waals surface area contributed by atoms with Gasteiger partial charge >= 0.3 is 0 Å².